The molecule has 0 aliphatic heterocycles. The van der Waals surface area contributed by atoms with Crippen LogP contribution in [0.1, 0.15) is 29.7 Å². The van der Waals surface area contributed by atoms with E-state index >= 15 is 0 Å². The lowest BCUT2D eigenvalue weighted by Gasteiger charge is -2.21. The zero-order chi connectivity index (χ0) is 19.3. The van der Waals surface area contributed by atoms with Crippen molar-refractivity contribution in [3.8, 4) is 5.75 Å². The van der Waals surface area contributed by atoms with Crippen molar-refractivity contribution < 1.29 is 22.7 Å². The molecule has 0 bridgehead atoms. The van der Waals surface area contributed by atoms with Crippen LogP contribution in [0, 0.1) is 5.92 Å². The maximum atomic E-state index is 13.2. The van der Waals surface area contributed by atoms with Crippen LogP contribution in [0.3, 0.4) is 0 Å². The number of halogens is 4. The lowest BCUT2D eigenvalue weighted by atomic mass is 9.94. The van der Waals surface area contributed by atoms with Crippen LogP contribution in [-0.2, 0) is 17.5 Å². The molecule has 2 atom stereocenters. The number of carbonyl (C=O) groups is 1. The van der Waals surface area contributed by atoms with Gasteiger partial charge in [0.2, 0.25) is 5.91 Å². The number of rotatable bonds is 6. The summed E-state index contributed by atoms with van der Waals surface area (Å²) >= 11 is 0. The van der Waals surface area contributed by atoms with Crippen molar-refractivity contribution in [2.24, 2.45) is 11.7 Å². The summed E-state index contributed by atoms with van der Waals surface area (Å²) in [4.78, 5) is 12.3. The standard InChI is InChI=1S/C19H21F3N2O2.ClH/c1-12(17(23)13-6-4-3-5-7-13)18(25)24-11-14-8-9-15(26-2)10-16(14)19(20,21)22;/h3-10,12,17H,11,23H2,1-2H3,(H,24,25);1H. The number of hydrogen-bond donors (Lipinski definition) is 2. The first-order chi connectivity index (χ1) is 12.2. The van der Waals surface area contributed by atoms with E-state index in [1.807, 2.05) is 18.2 Å². The summed E-state index contributed by atoms with van der Waals surface area (Å²) in [5.74, 6) is -0.901. The van der Waals surface area contributed by atoms with Gasteiger partial charge in [-0.1, -0.05) is 43.3 Å². The highest BCUT2D eigenvalue weighted by Crippen LogP contribution is 2.34. The minimum atomic E-state index is -4.54. The van der Waals surface area contributed by atoms with Gasteiger partial charge in [-0.2, -0.15) is 13.2 Å². The third-order valence-corrected chi connectivity index (χ3v) is 4.21. The van der Waals surface area contributed by atoms with Crippen LogP contribution in [0.2, 0.25) is 0 Å². The quantitative estimate of drug-likeness (QED) is 0.765. The Morgan fingerprint density at radius 3 is 2.37 bits per heavy atom. The van der Waals surface area contributed by atoms with Gasteiger partial charge in [0.25, 0.3) is 0 Å². The van der Waals surface area contributed by atoms with Gasteiger partial charge in [-0.25, -0.2) is 0 Å². The first-order valence-corrected chi connectivity index (χ1v) is 8.06. The molecule has 2 rings (SSSR count). The number of alkyl halides is 3. The van der Waals surface area contributed by atoms with Crippen LogP contribution in [-0.4, -0.2) is 13.0 Å². The molecule has 0 saturated heterocycles. The highest BCUT2D eigenvalue weighted by Gasteiger charge is 2.34. The molecule has 0 saturated carbocycles. The minimum Gasteiger partial charge on any atom is -0.497 e. The van der Waals surface area contributed by atoms with E-state index in [0.29, 0.717) is 0 Å². The summed E-state index contributed by atoms with van der Waals surface area (Å²) in [6.45, 7) is 1.40. The Hall–Kier alpha value is -2.25. The fraction of sp³-hybridized carbons (Fsp3) is 0.316. The summed E-state index contributed by atoms with van der Waals surface area (Å²) in [5, 5.41) is 2.54. The van der Waals surface area contributed by atoms with E-state index in [9.17, 15) is 18.0 Å². The van der Waals surface area contributed by atoms with E-state index in [1.165, 1.54) is 19.2 Å². The number of hydrogen-bond acceptors (Lipinski definition) is 3. The maximum absolute atomic E-state index is 13.2. The van der Waals surface area contributed by atoms with Crippen LogP contribution in [0.15, 0.2) is 48.5 Å². The molecule has 3 N–H and O–H groups in total. The van der Waals surface area contributed by atoms with E-state index in [0.717, 1.165) is 11.6 Å². The molecular weight excluding hydrogens is 381 g/mol. The summed E-state index contributed by atoms with van der Waals surface area (Å²) in [5.41, 5.74) is 6.00. The fourth-order valence-corrected chi connectivity index (χ4v) is 2.57. The number of methoxy groups -OCH3 is 1. The van der Waals surface area contributed by atoms with Gasteiger partial charge >= 0.3 is 6.18 Å². The number of nitrogens with two attached hydrogens (primary N) is 1. The van der Waals surface area contributed by atoms with Crippen molar-refractivity contribution in [1.82, 2.24) is 5.32 Å². The highest BCUT2D eigenvalue weighted by atomic mass is 35.5. The molecule has 8 heteroatoms. The van der Waals surface area contributed by atoms with Crippen molar-refractivity contribution in [3.05, 3.63) is 65.2 Å². The Kier molecular flexibility index (Phi) is 8.12. The van der Waals surface area contributed by atoms with Crippen molar-refractivity contribution in [1.29, 1.82) is 0 Å². The molecule has 148 valence electrons. The molecule has 2 aromatic carbocycles. The number of benzene rings is 2. The van der Waals surface area contributed by atoms with Crippen LogP contribution < -0.4 is 15.8 Å². The molecule has 0 aliphatic rings. The van der Waals surface area contributed by atoms with E-state index in [1.54, 1.807) is 19.1 Å². The summed E-state index contributed by atoms with van der Waals surface area (Å²) in [7, 11) is 1.30. The second-order valence-electron chi connectivity index (χ2n) is 5.96. The third-order valence-electron chi connectivity index (χ3n) is 4.21. The Morgan fingerprint density at radius 2 is 1.81 bits per heavy atom. The van der Waals surface area contributed by atoms with Gasteiger partial charge in [0.1, 0.15) is 5.75 Å². The van der Waals surface area contributed by atoms with E-state index in [4.69, 9.17) is 10.5 Å². The Bertz CT molecular complexity index is 754. The van der Waals surface area contributed by atoms with Gasteiger partial charge in [-0.3, -0.25) is 4.79 Å². The second-order valence-corrected chi connectivity index (χ2v) is 5.96. The molecule has 2 unspecified atom stereocenters. The Balaban J connectivity index is 0.00000364. The zero-order valence-electron chi connectivity index (χ0n) is 14.9. The average Bonchev–Trinajstić information content (AvgIpc) is 2.64. The van der Waals surface area contributed by atoms with E-state index in [-0.39, 0.29) is 30.3 Å². The third kappa shape index (κ3) is 5.87. The van der Waals surface area contributed by atoms with Gasteiger partial charge in [0, 0.05) is 12.6 Å². The largest absolute Gasteiger partial charge is 0.497 e. The molecule has 0 heterocycles. The zero-order valence-corrected chi connectivity index (χ0v) is 15.7. The number of nitrogens with one attached hydrogen (secondary N) is 1. The summed E-state index contributed by atoms with van der Waals surface area (Å²) in [6.07, 6.45) is -4.54. The second kappa shape index (κ2) is 9.62. The minimum absolute atomic E-state index is 0. The van der Waals surface area contributed by atoms with Crippen molar-refractivity contribution in [2.75, 3.05) is 7.11 Å². The van der Waals surface area contributed by atoms with Gasteiger partial charge in [-0.15, -0.1) is 12.4 Å². The van der Waals surface area contributed by atoms with Crippen molar-refractivity contribution in [2.45, 2.75) is 25.7 Å². The fourth-order valence-electron chi connectivity index (χ4n) is 2.57. The molecule has 0 aliphatic carbocycles. The Labute approximate surface area is 162 Å². The van der Waals surface area contributed by atoms with Gasteiger partial charge < -0.3 is 15.8 Å². The molecule has 2 aromatic rings. The molecule has 0 fully saturated rings. The average molecular weight is 403 g/mol. The van der Waals surface area contributed by atoms with Gasteiger partial charge in [-0.05, 0) is 23.3 Å². The number of carbonyl (C=O) groups excluding carboxylic acids is 1. The first kappa shape index (κ1) is 22.8. The molecule has 4 nitrogen and oxygen atoms in total. The highest BCUT2D eigenvalue weighted by molar-refractivity contribution is 5.85. The lowest BCUT2D eigenvalue weighted by Crippen LogP contribution is -2.35. The monoisotopic (exact) mass is 402 g/mol. The van der Waals surface area contributed by atoms with Gasteiger partial charge in [0.05, 0.1) is 18.6 Å². The molecular formula is C19H22ClF3N2O2. The Morgan fingerprint density at radius 1 is 1.19 bits per heavy atom. The first-order valence-electron chi connectivity index (χ1n) is 8.06. The molecule has 1 amide bonds. The van der Waals surface area contributed by atoms with Crippen LogP contribution in [0.5, 0.6) is 5.75 Å². The van der Waals surface area contributed by atoms with Crippen molar-refractivity contribution >= 4 is 18.3 Å². The van der Waals surface area contributed by atoms with Crippen LogP contribution in [0.4, 0.5) is 13.2 Å². The van der Waals surface area contributed by atoms with E-state index < -0.39 is 29.6 Å². The summed E-state index contributed by atoms with van der Waals surface area (Å²) in [6, 6.07) is 12.2. The topological polar surface area (TPSA) is 64.3 Å². The molecule has 27 heavy (non-hydrogen) atoms. The SMILES string of the molecule is COc1ccc(CNC(=O)C(C)C(N)c2ccccc2)c(C(F)(F)F)c1.Cl. The smallest absolute Gasteiger partial charge is 0.416 e. The number of ether oxygens (including phenoxy) is 1. The predicted octanol–water partition coefficient (Wildman–Crippen LogP) is 4.09. The number of amides is 1. The van der Waals surface area contributed by atoms with Crippen LogP contribution in [0.25, 0.3) is 0 Å². The maximum Gasteiger partial charge on any atom is 0.416 e. The molecule has 0 aromatic heterocycles. The van der Waals surface area contributed by atoms with E-state index in [2.05, 4.69) is 5.32 Å². The van der Waals surface area contributed by atoms with Gasteiger partial charge in [0.15, 0.2) is 0 Å². The van der Waals surface area contributed by atoms with Crippen molar-refractivity contribution in [3.63, 3.8) is 0 Å². The molecule has 0 spiro atoms. The van der Waals surface area contributed by atoms with Crippen LogP contribution >= 0.6 is 12.4 Å². The predicted molar refractivity (Wildman–Crippen MR) is 99.6 cm³/mol. The molecule has 0 radical (unpaired) electrons. The lowest BCUT2D eigenvalue weighted by molar-refractivity contribution is -0.138. The normalized spacial score (nSPS) is 13.3. The summed E-state index contributed by atoms with van der Waals surface area (Å²) < 4.78 is 44.5.